The van der Waals surface area contributed by atoms with Gasteiger partial charge in [0.25, 0.3) is 0 Å². The molecule has 0 aliphatic carbocycles. The van der Waals surface area contributed by atoms with Crippen LogP contribution in [-0.2, 0) is 4.74 Å². The molecule has 0 fully saturated rings. The van der Waals surface area contributed by atoms with Crippen molar-refractivity contribution >= 4 is 17.9 Å². The molecule has 1 amide bonds. The maximum atomic E-state index is 10.2. The van der Waals surface area contributed by atoms with E-state index in [0.717, 1.165) is 0 Å². The summed E-state index contributed by atoms with van der Waals surface area (Å²) in [6.07, 6.45) is 3.35. The summed E-state index contributed by atoms with van der Waals surface area (Å²) in [6, 6.07) is 0. The van der Waals surface area contributed by atoms with Crippen molar-refractivity contribution in [3.05, 3.63) is 0 Å². The first kappa shape index (κ1) is 16.3. The number of hydrogen-bond acceptors (Lipinski definition) is 5. The molecule has 88 valence electrons. The van der Waals surface area contributed by atoms with Gasteiger partial charge in [-0.3, -0.25) is 0 Å². The molecule has 0 aromatic rings. The first-order valence-corrected chi connectivity index (χ1v) is 5.76. The van der Waals surface area contributed by atoms with E-state index in [1.807, 2.05) is 33.2 Å². The highest BCUT2D eigenvalue weighted by atomic mass is 32.2. The highest BCUT2D eigenvalue weighted by Crippen LogP contribution is 1.95. The van der Waals surface area contributed by atoms with Crippen LogP contribution in [0.1, 0.15) is 20.8 Å². The Morgan fingerprint density at radius 1 is 1.53 bits per heavy atom. The molecule has 0 aliphatic rings. The summed E-state index contributed by atoms with van der Waals surface area (Å²) in [5.74, 6) is 0.416. The summed E-state index contributed by atoms with van der Waals surface area (Å²) in [5.41, 5.74) is -0.0608. The fraction of sp³-hybridized carbons (Fsp3) is 0.778. The molecule has 5 nitrogen and oxygen atoms in total. The number of carbonyl (C=O) groups is 1. The molecule has 2 N–H and O–H groups in total. The van der Waals surface area contributed by atoms with Gasteiger partial charge in [-0.15, -0.1) is 11.8 Å². The second-order valence-electron chi connectivity index (χ2n) is 3.58. The molecule has 0 rings (SSSR count). The van der Waals surface area contributed by atoms with Crippen LogP contribution in [0.25, 0.3) is 0 Å². The second-order valence-corrected chi connectivity index (χ2v) is 4.39. The number of ether oxygens (including phenoxy) is 1. The van der Waals surface area contributed by atoms with Crippen molar-refractivity contribution < 1.29 is 9.53 Å². The largest absolute Gasteiger partial charge is 0.439 e. The van der Waals surface area contributed by atoms with Gasteiger partial charge in [0.1, 0.15) is 5.94 Å². The lowest BCUT2D eigenvalue weighted by molar-refractivity contribution is 0.168. The molecule has 0 saturated heterocycles. The van der Waals surface area contributed by atoms with E-state index < -0.39 is 0 Å². The summed E-state index contributed by atoms with van der Waals surface area (Å²) in [5, 5.41) is 13.0. The van der Waals surface area contributed by atoms with Crippen LogP contribution in [0, 0.1) is 11.5 Å². The Bertz CT molecular complexity index is 208. The van der Waals surface area contributed by atoms with E-state index >= 15 is 0 Å². The molecule has 0 atom stereocenters. The van der Waals surface area contributed by atoms with Crippen molar-refractivity contribution in [2.75, 3.05) is 19.2 Å². The number of rotatable bonds is 2. The Balaban J connectivity index is 0. The smallest absolute Gasteiger partial charge is 0.407 e. The third-order valence-corrected chi connectivity index (χ3v) is 1.30. The summed E-state index contributed by atoms with van der Waals surface area (Å²) in [6.45, 7) is 5.82. The Labute approximate surface area is 95.6 Å². The number of nitriles is 1. The van der Waals surface area contributed by atoms with Crippen LogP contribution in [-0.4, -0.2) is 30.9 Å². The summed E-state index contributed by atoms with van der Waals surface area (Å²) in [4.78, 5) is 10.2. The molecule has 0 radical (unpaired) electrons. The molecule has 6 heteroatoms. The van der Waals surface area contributed by atoms with Crippen LogP contribution in [0.2, 0.25) is 0 Å². The van der Waals surface area contributed by atoms with E-state index in [1.165, 1.54) is 18.8 Å². The molecule has 0 saturated carbocycles. The topological polar surface area (TPSA) is 74.2 Å². The minimum absolute atomic E-state index is 0.0608. The molecule has 0 aromatic carbocycles. The first-order chi connectivity index (χ1) is 6.87. The lowest BCUT2D eigenvalue weighted by atomic mass is 10.1. The van der Waals surface area contributed by atoms with E-state index in [9.17, 15) is 4.79 Å². The zero-order chi connectivity index (χ0) is 12.3. The lowest BCUT2D eigenvalue weighted by Gasteiger charge is -2.13. The van der Waals surface area contributed by atoms with Gasteiger partial charge in [-0.05, 0) is 27.0 Å². The van der Waals surface area contributed by atoms with E-state index in [-0.39, 0.29) is 11.6 Å². The predicted molar refractivity (Wildman–Crippen MR) is 62.4 cm³/mol. The molecule has 0 aliphatic heterocycles. The van der Waals surface area contributed by atoms with Crippen molar-refractivity contribution in [3.63, 3.8) is 0 Å². The van der Waals surface area contributed by atoms with E-state index in [0.29, 0.717) is 5.94 Å². The Kier molecular flexibility index (Phi) is 10.3. The van der Waals surface area contributed by atoms with Gasteiger partial charge in [0.2, 0.25) is 0 Å². The number of nitrogens with zero attached hydrogens (tertiary/aromatic N) is 1. The number of hydrogen-bond donors (Lipinski definition) is 2. The SMILES string of the molecule is CC(C)(C)NC#N.CNC(=O)OCSC. The maximum Gasteiger partial charge on any atom is 0.407 e. The minimum atomic E-state index is -0.376. The first-order valence-electron chi connectivity index (χ1n) is 4.37. The van der Waals surface area contributed by atoms with Crippen LogP contribution in [0.15, 0.2) is 0 Å². The number of alkyl carbamates (subject to hydrolysis) is 1. The number of nitrogens with one attached hydrogen (secondary N) is 2. The van der Waals surface area contributed by atoms with Gasteiger partial charge in [0, 0.05) is 12.6 Å². The zero-order valence-electron chi connectivity index (χ0n) is 9.88. The van der Waals surface area contributed by atoms with E-state index in [4.69, 9.17) is 5.26 Å². The fourth-order valence-electron chi connectivity index (χ4n) is 0.352. The fourth-order valence-corrected chi connectivity index (χ4v) is 0.577. The highest BCUT2D eigenvalue weighted by molar-refractivity contribution is 7.98. The standard InChI is InChI=1S/C5H10N2.C4H9NO2S/c1-5(2,3)7-4-6;1-5-4(6)7-3-8-2/h7H,1-3H3;3H2,1-2H3,(H,5,6). The van der Waals surface area contributed by atoms with Crippen LogP contribution >= 0.6 is 11.8 Å². The van der Waals surface area contributed by atoms with E-state index in [1.54, 1.807) is 0 Å². The second kappa shape index (κ2) is 9.46. The number of thioether (sulfide) groups is 1. The van der Waals surface area contributed by atoms with Gasteiger partial charge >= 0.3 is 6.09 Å². The third kappa shape index (κ3) is 19.4. The van der Waals surface area contributed by atoms with Crippen molar-refractivity contribution in [2.45, 2.75) is 26.3 Å². The van der Waals surface area contributed by atoms with Crippen LogP contribution in [0.4, 0.5) is 4.79 Å². The average molecular weight is 233 g/mol. The minimum Gasteiger partial charge on any atom is -0.439 e. The van der Waals surface area contributed by atoms with Crippen LogP contribution in [0.5, 0.6) is 0 Å². The molecule has 15 heavy (non-hydrogen) atoms. The zero-order valence-corrected chi connectivity index (χ0v) is 10.7. The van der Waals surface area contributed by atoms with Gasteiger partial charge in [-0.1, -0.05) is 0 Å². The molecule has 0 heterocycles. The van der Waals surface area contributed by atoms with Gasteiger partial charge in [0.05, 0.1) is 0 Å². The van der Waals surface area contributed by atoms with E-state index in [2.05, 4.69) is 15.4 Å². The van der Waals surface area contributed by atoms with Gasteiger partial charge in [-0.25, -0.2) is 4.79 Å². The Hall–Kier alpha value is -1.09. The summed E-state index contributed by atoms with van der Waals surface area (Å²) >= 11 is 1.46. The predicted octanol–water partition coefficient (Wildman–Crippen LogP) is 1.52. The molecule has 0 spiro atoms. The Morgan fingerprint density at radius 3 is 2.27 bits per heavy atom. The Morgan fingerprint density at radius 2 is 2.07 bits per heavy atom. The van der Waals surface area contributed by atoms with Crippen molar-refractivity contribution in [3.8, 4) is 6.19 Å². The van der Waals surface area contributed by atoms with Crippen molar-refractivity contribution in [1.29, 1.82) is 5.26 Å². The van der Waals surface area contributed by atoms with Gasteiger partial charge < -0.3 is 15.4 Å². The third-order valence-electron chi connectivity index (χ3n) is 0.943. The van der Waals surface area contributed by atoms with Crippen molar-refractivity contribution in [2.24, 2.45) is 0 Å². The van der Waals surface area contributed by atoms with Crippen LogP contribution in [0.3, 0.4) is 0 Å². The quantitative estimate of drug-likeness (QED) is 0.430. The molecule has 0 bridgehead atoms. The van der Waals surface area contributed by atoms with Gasteiger partial charge in [-0.2, -0.15) is 5.26 Å². The highest BCUT2D eigenvalue weighted by Gasteiger charge is 2.04. The number of amides is 1. The monoisotopic (exact) mass is 233 g/mol. The molecular weight excluding hydrogens is 214 g/mol. The average Bonchev–Trinajstić information content (AvgIpc) is 2.13. The molecular formula is C9H19N3O2S. The lowest BCUT2D eigenvalue weighted by Crippen LogP contribution is -2.31. The summed E-state index contributed by atoms with van der Waals surface area (Å²) < 4.78 is 4.55. The van der Waals surface area contributed by atoms with Crippen molar-refractivity contribution in [1.82, 2.24) is 10.6 Å². The number of carbonyl (C=O) groups excluding carboxylic acids is 1. The normalized spacial score (nSPS) is 9.07. The molecule has 0 unspecified atom stereocenters. The van der Waals surface area contributed by atoms with Crippen LogP contribution < -0.4 is 10.6 Å². The van der Waals surface area contributed by atoms with Gasteiger partial charge in [0.15, 0.2) is 6.19 Å². The maximum absolute atomic E-state index is 10.2. The molecule has 0 aromatic heterocycles. The summed E-state index contributed by atoms with van der Waals surface area (Å²) in [7, 11) is 1.53.